The van der Waals surface area contributed by atoms with Crippen LogP contribution in [0.15, 0.2) is 61.1 Å². The van der Waals surface area contributed by atoms with Gasteiger partial charge in [0, 0.05) is 37.0 Å². The number of nitrogens with one attached hydrogen (secondary N) is 1. The summed E-state index contributed by atoms with van der Waals surface area (Å²) in [6.07, 6.45) is 2.99. The summed E-state index contributed by atoms with van der Waals surface area (Å²) in [6.45, 7) is 6.87. The van der Waals surface area contributed by atoms with Crippen molar-refractivity contribution >= 4 is 45.8 Å². The number of fused-ring (bicyclic) bond motifs is 1. The summed E-state index contributed by atoms with van der Waals surface area (Å²) >= 11 is 6.47. The summed E-state index contributed by atoms with van der Waals surface area (Å²) in [4.78, 5) is 38.7. The molecule has 5 rings (SSSR count). The number of rotatable bonds is 10. The van der Waals surface area contributed by atoms with Crippen LogP contribution in [-0.2, 0) is 16.1 Å². The number of nitrogens with zero attached hydrogens (tertiary/aromatic N) is 5. The molecule has 2 aromatic heterocycles. The average molecular weight is 637 g/mol. The molecule has 0 bridgehead atoms. The number of carbonyl (C=O) groups excluding carboxylic acids is 1. The zero-order valence-corrected chi connectivity index (χ0v) is 25.8. The lowest BCUT2D eigenvalue weighted by Crippen LogP contribution is -2.50. The van der Waals surface area contributed by atoms with Crippen molar-refractivity contribution in [2.24, 2.45) is 0 Å². The van der Waals surface area contributed by atoms with E-state index in [9.17, 15) is 14.9 Å². The fourth-order valence-electron chi connectivity index (χ4n) is 4.66. The molecule has 1 atom stereocenters. The molecule has 1 aliphatic rings. The molecule has 0 radical (unpaired) electrons. The first-order chi connectivity index (χ1) is 21.6. The molecule has 13 nitrogen and oxygen atoms in total. The SMILES string of the molecule is CC(C)(C)OC(=O)N1CCOCC1CCOc1cc2ncnc(Nc3ccc(OCc4ccccn4)c(Cl)c3)c2cc1[N+](=O)[O-]. The maximum Gasteiger partial charge on any atom is 0.410 e. The van der Waals surface area contributed by atoms with Crippen molar-refractivity contribution in [3.8, 4) is 11.5 Å². The molecule has 1 saturated heterocycles. The van der Waals surface area contributed by atoms with Crippen LogP contribution < -0.4 is 14.8 Å². The van der Waals surface area contributed by atoms with Crippen LogP contribution in [0.3, 0.4) is 0 Å². The average Bonchev–Trinajstić information content (AvgIpc) is 3.00. The Kier molecular flexibility index (Phi) is 9.79. The highest BCUT2D eigenvalue weighted by Gasteiger charge is 2.31. The Balaban J connectivity index is 1.29. The molecule has 0 saturated carbocycles. The molecular formula is C31H33ClN6O7. The number of pyridine rings is 1. The van der Waals surface area contributed by atoms with Gasteiger partial charge in [0.15, 0.2) is 5.75 Å². The predicted molar refractivity (Wildman–Crippen MR) is 167 cm³/mol. The quantitative estimate of drug-likeness (QED) is 0.154. The van der Waals surface area contributed by atoms with Gasteiger partial charge in [0.1, 0.15) is 30.1 Å². The third-order valence-corrected chi connectivity index (χ3v) is 7.07. The summed E-state index contributed by atoms with van der Waals surface area (Å²) in [6, 6.07) is 13.3. The van der Waals surface area contributed by atoms with Crippen LogP contribution in [0.4, 0.5) is 22.0 Å². The maximum atomic E-state index is 12.7. The molecule has 4 aromatic rings. The Hall–Kier alpha value is -4.75. The molecule has 236 valence electrons. The predicted octanol–water partition coefficient (Wildman–Crippen LogP) is 6.31. The van der Waals surface area contributed by atoms with E-state index in [4.69, 9.17) is 30.5 Å². The van der Waals surface area contributed by atoms with Crippen LogP contribution in [0.2, 0.25) is 5.02 Å². The molecule has 1 amide bonds. The Labute approximate surface area is 264 Å². The molecule has 0 aliphatic carbocycles. The minimum Gasteiger partial charge on any atom is -0.487 e. The topological polar surface area (TPSA) is 151 Å². The van der Waals surface area contributed by atoms with E-state index in [1.165, 1.54) is 18.5 Å². The highest BCUT2D eigenvalue weighted by Crippen LogP contribution is 2.36. The minimum atomic E-state index is -0.637. The van der Waals surface area contributed by atoms with Gasteiger partial charge in [-0.3, -0.25) is 15.1 Å². The molecule has 45 heavy (non-hydrogen) atoms. The third-order valence-electron chi connectivity index (χ3n) is 6.77. The van der Waals surface area contributed by atoms with Crippen LogP contribution in [-0.4, -0.2) is 68.9 Å². The van der Waals surface area contributed by atoms with Gasteiger partial charge in [-0.15, -0.1) is 0 Å². The summed E-state index contributed by atoms with van der Waals surface area (Å²) in [5.41, 5.74) is 0.908. The molecule has 0 spiro atoms. The van der Waals surface area contributed by atoms with Gasteiger partial charge in [0.05, 0.1) is 52.4 Å². The van der Waals surface area contributed by atoms with Gasteiger partial charge in [0.25, 0.3) is 0 Å². The molecular weight excluding hydrogens is 604 g/mol. The van der Waals surface area contributed by atoms with E-state index in [0.29, 0.717) is 59.4 Å². The Bertz CT molecular complexity index is 1670. The second-order valence-corrected chi connectivity index (χ2v) is 11.6. The number of aromatic nitrogens is 3. The lowest BCUT2D eigenvalue weighted by molar-refractivity contribution is -0.385. The molecule has 2 aromatic carbocycles. The van der Waals surface area contributed by atoms with Crippen LogP contribution in [0.5, 0.6) is 11.5 Å². The number of hydrogen-bond donors (Lipinski definition) is 1. The highest BCUT2D eigenvalue weighted by molar-refractivity contribution is 6.32. The fraction of sp³-hybridized carbons (Fsp3) is 0.355. The lowest BCUT2D eigenvalue weighted by atomic mass is 10.1. The van der Waals surface area contributed by atoms with Crippen molar-refractivity contribution in [3.05, 3.63) is 81.9 Å². The van der Waals surface area contributed by atoms with E-state index in [-0.39, 0.29) is 30.7 Å². The number of hydrogen-bond acceptors (Lipinski definition) is 11. The summed E-state index contributed by atoms with van der Waals surface area (Å²) in [5.74, 6) is 0.877. The Morgan fingerprint density at radius 2 is 1.98 bits per heavy atom. The number of amides is 1. The normalized spacial score (nSPS) is 15.0. The highest BCUT2D eigenvalue weighted by atomic mass is 35.5. The largest absolute Gasteiger partial charge is 0.487 e. The first-order valence-corrected chi connectivity index (χ1v) is 14.7. The Morgan fingerprint density at radius 3 is 2.71 bits per heavy atom. The van der Waals surface area contributed by atoms with E-state index in [1.807, 2.05) is 18.2 Å². The van der Waals surface area contributed by atoms with Gasteiger partial charge in [-0.05, 0) is 51.1 Å². The smallest absolute Gasteiger partial charge is 0.410 e. The van der Waals surface area contributed by atoms with Gasteiger partial charge in [-0.25, -0.2) is 14.8 Å². The molecule has 1 unspecified atom stereocenters. The van der Waals surface area contributed by atoms with E-state index < -0.39 is 16.6 Å². The fourth-order valence-corrected chi connectivity index (χ4v) is 4.89. The maximum absolute atomic E-state index is 12.7. The molecule has 14 heteroatoms. The van der Waals surface area contributed by atoms with Crippen LogP contribution in [0.25, 0.3) is 10.9 Å². The van der Waals surface area contributed by atoms with Gasteiger partial charge >= 0.3 is 11.8 Å². The van der Waals surface area contributed by atoms with Crippen LogP contribution in [0.1, 0.15) is 32.9 Å². The number of ether oxygens (including phenoxy) is 4. The molecule has 3 heterocycles. The number of anilines is 2. The van der Waals surface area contributed by atoms with Crippen molar-refractivity contribution < 1.29 is 28.7 Å². The van der Waals surface area contributed by atoms with Crippen LogP contribution >= 0.6 is 11.6 Å². The van der Waals surface area contributed by atoms with Gasteiger partial charge in [-0.1, -0.05) is 17.7 Å². The third kappa shape index (κ3) is 8.25. The van der Waals surface area contributed by atoms with Crippen molar-refractivity contribution in [1.82, 2.24) is 19.9 Å². The zero-order chi connectivity index (χ0) is 32.0. The second kappa shape index (κ2) is 13.9. The molecule has 1 N–H and O–H groups in total. The number of nitro groups is 1. The molecule has 1 fully saturated rings. The van der Waals surface area contributed by atoms with Crippen molar-refractivity contribution in [3.63, 3.8) is 0 Å². The van der Waals surface area contributed by atoms with Crippen LogP contribution in [0, 0.1) is 10.1 Å². The lowest BCUT2D eigenvalue weighted by Gasteiger charge is -2.36. The van der Waals surface area contributed by atoms with Gasteiger partial charge in [0.2, 0.25) is 0 Å². The standard InChI is InChI=1S/C31H33ClN6O7/c1-31(2,3)45-30(39)37-11-13-42-18-22(37)9-12-43-28-16-25-23(15-26(28)38(40)41)29(35-19-34-25)36-20-7-8-27(24(32)14-20)44-17-21-6-4-5-10-33-21/h4-8,10,14-16,19,22H,9,11-13,17-18H2,1-3H3,(H,34,35,36). The summed E-state index contributed by atoms with van der Waals surface area (Å²) in [7, 11) is 0. The minimum absolute atomic E-state index is 0.0511. The summed E-state index contributed by atoms with van der Waals surface area (Å²) < 4.78 is 22.8. The summed E-state index contributed by atoms with van der Waals surface area (Å²) in [5, 5.41) is 16.0. The number of nitro benzene ring substituents is 1. The van der Waals surface area contributed by atoms with E-state index in [1.54, 1.807) is 50.1 Å². The number of benzene rings is 2. The monoisotopic (exact) mass is 636 g/mol. The van der Waals surface area contributed by atoms with Crippen molar-refractivity contribution in [1.29, 1.82) is 0 Å². The van der Waals surface area contributed by atoms with E-state index >= 15 is 0 Å². The first kappa shape index (κ1) is 31.7. The number of carbonyl (C=O) groups is 1. The van der Waals surface area contributed by atoms with Crippen molar-refractivity contribution in [2.75, 3.05) is 31.7 Å². The second-order valence-electron chi connectivity index (χ2n) is 11.2. The van der Waals surface area contributed by atoms with E-state index in [2.05, 4.69) is 20.3 Å². The Morgan fingerprint density at radius 1 is 1.13 bits per heavy atom. The number of morpholine rings is 1. The van der Waals surface area contributed by atoms with Gasteiger partial charge in [-0.2, -0.15) is 0 Å². The zero-order valence-electron chi connectivity index (χ0n) is 25.1. The molecule has 1 aliphatic heterocycles. The number of halogens is 1. The first-order valence-electron chi connectivity index (χ1n) is 14.3. The van der Waals surface area contributed by atoms with Crippen molar-refractivity contribution in [2.45, 2.75) is 45.4 Å². The van der Waals surface area contributed by atoms with E-state index in [0.717, 1.165) is 5.69 Å². The van der Waals surface area contributed by atoms with Gasteiger partial charge < -0.3 is 29.2 Å².